The monoisotopic (exact) mass is 412 g/mol. The number of sulfone groups is 1. The second-order valence-corrected chi connectivity index (χ2v) is 11.0. The zero-order valence-electron chi connectivity index (χ0n) is 14.3. The summed E-state index contributed by atoms with van der Waals surface area (Å²) in [4.78, 5) is 19.0. The first-order valence-corrected chi connectivity index (χ1v) is 12.1. The molecular formula is C18H21ClN2O3S2. The Kier molecular flexibility index (Phi) is 5.05. The molecule has 1 aromatic rings. The molecule has 2 heterocycles. The number of amides is 1. The van der Waals surface area contributed by atoms with Crippen LogP contribution in [-0.4, -0.2) is 42.3 Å². The minimum atomic E-state index is -3.06. The first-order chi connectivity index (χ1) is 12.4. The van der Waals surface area contributed by atoms with Crippen molar-refractivity contribution in [1.82, 2.24) is 0 Å². The van der Waals surface area contributed by atoms with E-state index in [2.05, 4.69) is 4.99 Å². The molecule has 2 aliphatic heterocycles. The highest BCUT2D eigenvalue weighted by atomic mass is 35.5. The zero-order chi connectivity index (χ0) is 18.3. The highest BCUT2D eigenvalue weighted by Crippen LogP contribution is 2.41. The van der Waals surface area contributed by atoms with Crippen molar-refractivity contribution in [1.29, 1.82) is 0 Å². The Morgan fingerprint density at radius 1 is 1.12 bits per heavy atom. The van der Waals surface area contributed by atoms with Gasteiger partial charge in [-0.2, -0.15) is 4.99 Å². The molecule has 1 amide bonds. The number of nitrogens with zero attached hydrogens (tertiary/aromatic N) is 2. The molecule has 0 spiro atoms. The predicted octanol–water partition coefficient (Wildman–Crippen LogP) is 3.52. The van der Waals surface area contributed by atoms with Crippen LogP contribution in [0.3, 0.4) is 0 Å². The molecule has 2 atom stereocenters. The van der Waals surface area contributed by atoms with Crippen molar-refractivity contribution in [2.75, 3.05) is 16.4 Å². The van der Waals surface area contributed by atoms with E-state index in [1.54, 1.807) is 12.1 Å². The number of rotatable bonds is 2. The summed E-state index contributed by atoms with van der Waals surface area (Å²) >= 11 is 7.42. The number of benzene rings is 1. The van der Waals surface area contributed by atoms with Crippen molar-refractivity contribution < 1.29 is 13.2 Å². The molecule has 3 aliphatic rings. The minimum Gasteiger partial charge on any atom is -0.316 e. The van der Waals surface area contributed by atoms with E-state index in [0.29, 0.717) is 10.2 Å². The fraction of sp³-hybridized carbons (Fsp3) is 0.556. The van der Waals surface area contributed by atoms with Crippen LogP contribution in [0, 0.1) is 5.92 Å². The van der Waals surface area contributed by atoms with Crippen molar-refractivity contribution in [2.45, 2.75) is 43.4 Å². The molecule has 1 aliphatic carbocycles. The molecule has 5 nitrogen and oxygen atoms in total. The van der Waals surface area contributed by atoms with Crippen molar-refractivity contribution in [3.8, 4) is 0 Å². The van der Waals surface area contributed by atoms with E-state index in [9.17, 15) is 13.2 Å². The van der Waals surface area contributed by atoms with E-state index < -0.39 is 9.84 Å². The number of hydrogen-bond acceptors (Lipinski definition) is 4. The third-order valence-electron chi connectivity index (χ3n) is 5.33. The summed E-state index contributed by atoms with van der Waals surface area (Å²) in [5.74, 6) is 0.189. The van der Waals surface area contributed by atoms with Gasteiger partial charge in [-0.25, -0.2) is 8.42 Å². The van der Waals surface area contributed by atoms with Gasteiger partial charge in [0.15, 0.2) is 15.0 Å². The Labute approximate surface area is 163 Å². The van der Waals surface area contributed by atoms with E-state index >= 15 is 0 Å². The van der Waals surface area contributed by atoms with Crippen molar-refractivity contribution in [3.05, 3.63) is 29.3 Å². The van der Waals surface area contributed by atoms with Crippen LogP contribution in [0.5, 0.6) is 0 Å². The molecule has 0 unspecified atom stereocenters. The van der Waals surface area contributed by atoms with Gasteiger partial charge in [0.25, 0.3) is 5.91 Å². The quantitative estimate of drug-likeness (QED) is 0.743. The Hall–Kier alpha value is -1.05. The van der Waals surface area contributed by atoms with Crippen molar-refractivity contribution in [2.24, 2.45) is 10.9 Å². The summed E-state index contributed by atoms with van der Waals surface area (Å²) in [6, 6.07) is 7.09. The average molecular weight is 413 g/mol. The van der Waals surface area contributed by atoms with Crippen LogP contribution in [0.4, 0.5) is 5.69 Å². The SMILES string of the molecule is O=C(N=C1S[C@@H]2CS(=O)(=O)C[C@H]2N1c1ccc(Cl)cc1)C1CCCCC1. The second kappa shape index (κ2) is 7.17. The molecule has 1 aromatic carbocycles. The molecule has 0 bridgehead atoms. The number of carbonyl (C=O) groups excluding carboxylic acids is 1. The van der Waals surface area contributed by atoms with E-state index in [1.165, 1.54) is 18.2 Å². The van der Waals surface area contributed by atoms with Crippen LogP contribution in [0.15, 0.2) is 29.3 Å². The summed E-state index contributed by atoms with van der Waals surface area (Å²) in [5, 5.41) is 1.18. The Balaban J connectivity index is 1.65. The third-order valence-corrected chi connectivity index (χ3v) is 8.79. The van der Waals surface area contributed by atoms with Gasteiger partial charge in [0.05, 0.1) is 17.5 Å². The van der Waals surface area contributed by atoms with Gasteiger partial charge >= 0.3 is 0 Å². The van der Waals surface area contributed by atoms with Gasteiger partial charge < -0.3 is 4.90 Å². The number of fused-ring (bicyclic) bond motifs is 1. The van der Waals surface area contributed by atoms with Crippen LogP contribution in [0.1, 0.15) is 32.1 Å². The lowest BCUT2D eigenvalue weighted by molar-refractivity contribution is -0.122. The summed E-state index contributed by atoms with van der Waals surface area (Å²) in [5.41, 5.74) is 0.835. The number of anilines is 1. The van der Waals surface area contributed by atoms with E-state index in [4.69, 9.17) is 11.6 Å². The lowest BCUT2D eigenvalue weighted by Gasteiger charge is -2.25. The van der Waals surface area contributed by atoms with Gasteiger partial charge in [-0.3, -0.25) is 4.79 Å². The van der Waals surface area contributed by atoms with E-state index in [0.717, 1.165) is 31.4 Å². The minimum absolute atomic E-state index is 0.00749. The molecule has 140 valence electrons. The second-order valence-electron chi connectivity index (χ2n) is 7.21. The van der Waals surface area contributed by atoms with Crippen molar-refractivity contribution >= 4 is 50.0 Å². The maximum atomic E-state index is 12.7. The van der Waals surface area contributed by atoms with Gasteiger partial charge in [0.2, 0.25) is 0 Å². The van der Waals surface area contributed by atoms with Gasteiger partial charge in [0, 0.05) is 21.9 Å². The molecule has 2 saturated heterocycles. The lowest BCUT2D eigenvalue weighted by atomic mass is 9.89. The molecule has 26 heavy (non-hydrogen) atoms. The van der Waals surface area contributed by atoms with Crippen LogP contribution < -0.4 is 4.90 Å². The standard InChI is InChI=1S/C18H21ClN2O3S2/c19-13-6-8-14(9-7-13)21-15-10-26(23,24)11-16(15)25-18(21)20-17(22)12-4-2-1-3-5-12/h6-9,12,15-16H,1-5,10-11H2/t15-,16-/m1/s1. The molecule has 0 N–H and O–H groups in total. The average Bonchev–Trinajstić information content (AvgIpc) is 3.07. The molecule has 8 heteroatoms. The fourth-order valence-corrected chi connectivity index (χ4v) is 8.05. The van der Waals surface area contributed by atoms with Crippen LogP contribution in [0.25, 0.3) is 0 Å². The van der Waals surface area contributed by atoms with Crippen LogP contribution in [0.2, 0.25) is 5.02 Å². The number of aliphatic imine (C=N–C) groups is 1. The Morgan fingerprint density at radius 2 is 1.81 bits per heavy atom. The fourth-order valence-electron chi connectivity index (χ4n) is 4.00. The zero-order valence-corrected chi connectivity index (χ0v) is 16.7. The largest absolute Gasteiger partial charge is 0.316 e. The number of hydrogen-bond donors (Lipinski definition) is 0. The van der Waals surface area contributed by atoms with Gasteiger partial charge in [-0.1, -0.05) is 42.6 Å². The van der Waals surface area contributed by atoms with Crippen LogP contribution >= 0.6 is 23.4 Å². The normalized spacial score (nSPS) is 29.9. The number of amidine groups is 1. The lowest BCUT2D eigenvalue weighted by Crippen LogP contribution is -2.38. The van der Waals surface area contributed by atoms with Gasteiger partial charge in [-0.05, 0) is 37.1 Å². The highest BCUT2D eigenvalue weighted by Gasteiger charge is 2.49. The predicted molar refractivity (Wildman–Crippen MR) is 107 cm³/mol. The summed E-state index contributed by atoms with van der Waals surface area (Å²) in [6.45, 7) is 0. The summed E-state index contributed by atoms with van der Waals surface area (Å²) < 4.78 is 24.2. The van der Waals surface area contributed by atoms with Gasteiger partial charge in [0.1, 0.15) is 0 Å². The number of halogens is 1. The Bertz CT molecular complexity index is 832. The number of carbonyl (C=O) groups is 1. The maximum Gasteiger partial charge on any atom is 0.251 e. The molecular weight excluding hydrogens is 392 g/mol. The molecule has 0 aromatic heterocycles. The molecule has 0 radical (unpaired) electrons. The summed E-state index contributed by atoms with van der Waals surface area (Å²) in [7, 11) is -3.06. The van der Waals surface area contributed by atoms with Crippen molar-refractivity contribution in [3.63, 3.8) is 0 Å². The maximum absolute atomic E-state index is 12.7. The first-order valence-electron chi connectivity index (χ1n) is 8.97. The molecule has 4 rings (SSSR count). The number of thioether (sulfide) groups is 1. The Morgan fingerprint density at radius 3 is 2.50 bits per heavy atom. The molecule has 1 saturated carbocycles. The van der Waals surface area contributed by atoms with Crippen LogP contribution in [-0.2, 0) is 14.6 Å². The van der Waals surface area contributed by atoms with Gasteiger partial charge in [-0.15, -0.1) is 0 Å². The highest BCUT2D eigenvalue weighted by molar-refractivity contribution is 8.16. The van der Waals surface area contributed by atoms with E-state index in [1.807, 2.05) is 17.0 Å². The molecule has 3 fully saturated rings. The van der Waals surface area contributed by atoms with E-state index in [-0.39, 0.29) is 34.6 Å². The third kappa shape index (κ3) is 3.66. The smallest absolute Gasteiger partial charge is 0.251 e. The first kappa shape index (κ1) is 18.3. The topological polar surface area (TPSA) is 66.8 Å². The summed E-state index contributed by atoms with van der Waals surface area (Å²) in [6.07, 6.45) is 5.16.